The second kappa shape index (κ2) is 6.06. The van der Waals surface area contributed by atoms with Gasteiger partial charge in [-0.05, 0) is 49.8 Å². The van der Waals surface area contributed by atoms with Crippen molar-refractivity contribution in [1.29, 1.82) is 0 Å². The van der Waals surface area contributed by atoms with Gasteiger partial charge in [0.2, 0.25) is 5.91 Å². The van der Waals surface area contributed by atoms with Crippen molar-refractivity contribution in [2.75, 3.05) is 6.54 Å². The molecule has 0 aromatic heterocycles. The van der Waals surface area contributed by atoms with E-state index in [1.807, 2.05) is 24.3 Å². The zero-order valence-corrected chi connectivity index (χ0v) is 12.7. The standard InChI is InChI=1S/C15H20BrNO2/c1-15(19,12-5-6-12)10-17-14(18)9-4-11-2-7-13(16)8-3-11/h2-3,7-8,12,19H,4-6,9-10H2,1H3,(H,17,18)/t15-/m1/s1. The number of benzene rings is 1. The van der Waals surface area contributed by atoms with Crippen molar-refractivity contribution in [2.45, 2.75) is 38.2 Å². The van der Waals surface area contributed by atoms with Crippen LogP contribution in [0.3, 0.4) is 0 Å². The molecule has 0 radical (unpaired) electrons. The Morgan fingerprint density at radius 2 is 2.05 bits per heavy atom. The average Bonchev–Trinajstić information content (AvgIpc) is 3.20. The fraction of sp³-hybridized carbons (Fsp3) is 0.533. The Balaban J connectivity index is 1.71. The maximum absolute atomic E-state index is 11.7. The zero-order valence-electron chi connectivity index (χ0n) is 11.2. The number of hydrogen-bond donors (Lipinski definition) is 2. The smallest absolute Gasteiger partial charge is 0.220 e. The highest BCUT2D eigenvalue weighted by atomic mass is 79.9. The van der Waals surface area contributed by atoms with Gasteiger partial charge in [0.15, 0.2) is 0 Å². The van der Waals surface area contributed by atoms with Gasteiger partial charge in [-0.1, -0.05) is 28.1 Å². The van der Waals surface area contributed by atoms with Crippen molar-refractivity contribution in [1.82, 2.24) is 5.32 Å². The van der Waals surface area contributed by atoms with E-state index in [-0.39, 0.29) is 5.91 Å². The molecule has 0 bridgehead atoms. The lowest BCUT2D eigenvalue weighted by molar-refractivity contribution is -0.122. The third kappa shape index (κ3) is 4.62. The third-order valence-corrected chi connectivity index (χ3v) is 4.18. The highest BCUT2D eigenvalue weighted by Crippen LogP contribution is 2.38. The number of rotatable bonds is 6. The first-order valence-electron chi connectivity index (χ1n) is 6.71. The molecule has 1 aliphatic rings. The lowest BCUT2D eigenvalue weighted by Gasteiger charge is -2.23. The van der Waals surface area contributed by atoms with E-state index in [1.165, 1.54) is 0 Å². The number of aliphatic hydroxyl groups is 1. The van der Waals surface area contributed by atoms with Crippen molar-refractivity contribution in [2.24, 2.45) is 5.92 Å². The van der Waals surface area contributed by atoms with Gasteiger partial charge in [-0.15, -0.1) is 0 Å². The van der Waals surface area contributed by atoms with E-state index in [4.69, 9.17) is 0 Å². The summed E-state index contributed by atoms with van der Waals surface area (Å²) in [5, 5.41) is 12.9. The van der Waals surface area contributed by atoms with Crippen LogP contribution in [0.4, 0.5) is 0 Å². The molecule has 0 aliphatic heterocycles. The van der Waals surface area contributed by atoms with E-state index in [1.54, 1.807) is 6.92 Å². The fourth-order valence-electron chi connectivity index (χ4n) is 2.12. The molecule has 3 nitrogen and oxygen atoms in total. The Morgan fingerprint density at radius 3 is 2.63 bits per heavy atom. The molecule has 19 heavy (non-hydrogen) atoms. The van der Waals surface area contributed by atoms with Crippen LogP contribution in [-0.4, -0.2) is 23.2 Å². The first kappa shape index (κ1) is 14.5. The van der Waals surface area contributed by atoms with E-state index in [0.717, 1.165) is 29.3 Å². The van der Waals surface area contributed by atoms with Crippen LogP contribution in [-0.2, 0) is 11.2 Å². The van der Waals surface area contributed by atoms with Gasteiger partial charge in [-0.2, -0.15) is 0 Å². The summed E-state index contributed by atoms with van der Waals surface area (Å²) in [7, 11) is 0. The minimum Gasteiger partial charge on any atom is -0.388 e. The van der Waals surface area contributed by atoms with E-state index < -0.39 is 5.60 Å². The van der Waals surface area contributed by atoms with Gasteiger partial charge in [0.05, 0.1) is 5.60 Å². The van der Waals surface area contributed by atoms with E-state index in [2.05, 4.69) is 21.2 Å². The summed E-state index contributed by atoms with van der Waals surface area (Å²) in [6, 6.07) is 7.98. The zero-order chi connectivity index (χ0) is 13.9. The quantitative estimate of drug-likeness (QED) is 0.844. The Hall–Kier alpha value is -0.870. The monoisotopic (exact) mass is 325 g/mol. The lowest BCUT2D eigenvalue weighted by atomic mass is 10.0. The highest BCUT2D eigenvalue weighted by molar-refractivity contribution is 9.10. The Labute approximate surface area is 122 Å². The molecule has 1 aromatic rings. The van der Waals surface area contributed by atoms with Crippen molar-refractivity contribution in [3.8, 4) is 0 Å². The summed E-state index contributed by atoms with van der Waals surface area (Å²) in [5.74, 6) is 0.364. The molecule has 2 N–H and O–H groups in total. The predicted molar refractivity (Wildman–Crippen MR) is 78.8 cm³/mol. The molecular weight excluding hydrogens is 306 g/mol. The molecule has 4 heteroatoms. The lowest BCUT2D eigenvalue weighted by Crippen LogP contribution is -2.42. The molecule has 1 fully saturated rings. The van der Waals surface area contributed by atoms with Crippen molar-refractivity contribution < 1.29 is 9.90 Å². The van der Waals surface area contributed by atoms with Crippen LogP contribution in [0, 0.1) is 5.92 Å². The molecule has 1 saturated carbocycles. The maximum Gasteiger partial charge on any atom is 0.220 e. The summed E-state index contributed by atoms with van der Waals surface area (Å²) < 4.78 is 1.04. The van der Waals surface area contributed by atoms with Gasteiger partial charge in [0.1, 0.15) is 0 Å². The molecule has 1 aromatic carbocycles. The van der Waals surface area contributed by atoms with Crippen LogP contribution < -0.4 is 5.32 Å². The molecule has 1 amide bonds. The molecule has 1 aliphatic carbocycles. The van der Waals surface area contributed by atoms with Crippen LogP contribution >= 0.6 is 15.9 Å². The predicted octanol–water partition coefficient (Wildman–Crippen LogP) is 2.66. The van der Waals surface area contributed by atoms with Crippen LogP contribution in [0.5, 0.6) is 0 Å². The number of amides is 1. The van der Waals surface area contributed by atoms with Crippen molar-refractivity contribution >= 4 is 21.8 Å². The molecule has 0 spiro atoms. The van der Waals surface area contributed by atoms with Gasteiger partial charge in [0.25, 0.3) is 0 Å². The fourth-order valence-corrected chi connectivity index (χ4v) is 2.39. The van der Waals surface area contributed by atoms with Crippen LogP contribution in [0.25, 0.3) is 0 Å². The number of carbonyl (C=O) groups excluding carboxylic acids is 1. The number of halogens is 1. The maximum atomic E-state index is 11.7. The van der Waals surface area contributed by atoms with Gasteiger partial charge in [-0.3, -0.25) is 4.79 Å². The summed E-state index contributed by atoms with van der Waals surface area (Å²) in [6.45, 7) is 2.16. The number of hydrogen-bond acceptors (Lipinski definition) is 2. The molecular formula is C15H20BrNO2. The Kier molecular flexibility index (Phi) is 4.63. The molecule has 104 valence electrons. The summed E-state index contributed by atoms with van der Waals surface area (Å²) in [5.41, 5.74) is 0.403. The highest BCUT2D eigenvalue weighted by Gasteiger charge is 2.39. The molecule has 2 rings (SSSR count). The minimum absolute atomic E-state index is 0.00356. The second-order valence-corrected chi connectivity index (χ2v) is 6.45. The van der Waals surface area contributed by atoms with Crippen molar-refractivity contribution in [3.63, 3.8) is 0 Å². The van der Waals surface area contributed by atoms with Crippen molar-refractivity contribution in [3.05, 3.63) is 34.3 Å². The SMILES string of the molecule is C[C@@](O)(CNC(=O)CCc1ccc(Br)cc1)C1CC1. The van der Waals surface area contributed by atoms with Gasteiger partial charge in [-0.25, -0.2) is 0 Å². The average molecular weight is 326 g/mol. The Bertz CT molecular complexity index is 438. The number of nitrogens with one attached hydrogen (secondary N) is 1. The summed E-state index contributed by atoms with van der Waals surface area (Å²) >= 11 is 3.38. The summed E-state index contributed by atoms with van der Waals surface area (Å²) in [4.78, 5) is 11.7. The molecule has 0 saturated heterocycles. The van der Waals surface area contributed by atoms with E-state index >= 15 is 0 Å². The topological polar surface area (TPSA) is 49.3 Å². The van der Waals surface area contributed by atoms with Gasteiger partial charge >= 0.3 is 0 Å². The third-order valence-electron chi connectivity index (χ3n) is 3.65. The van der Waals surface area contributed by atoms with Crippen LogP contribution in [0.15, 0.2) is 28.7 Å². The number of aryl methyl sites for hydroxylation is 1. The second-order valence-electron chi connectivity index (χ2n) is 5.53. The molecule has 0 heterocycles. The van der Waals surface area contributed by atoms with Crippen LogP contribution in [0.1, 0.15) is 31.7 Å². The molecule has 0 unspecified atom stereocenters. The Morgan fingerprint density at radius 1 is 1.42 bits per heavy atom. The van der Waals surface area contributed by atoms with E-state index in [0.29, 0.717) is 18.9 Å². The molecule has 1 atom stereocenters. The van der Waals surface area contributed by atoms with Gasteiger partial charge in [0, 0.05) is 17.4 Å². The minimum atomic E-state index is -0.743. The first-order valence-corrected chi connectivity index (χ1v) is 7.50. The number of carbonyl (C=O) groups is 1. The summed E-state index contributed by atoms with van der Waals surface area (Å²) in [6.07, 6.45) is 3.33. The van der Waals surface area contributed by atoms with Crippen LogP contribution in [0.2, 0.25) is 0 Å². The van der Waals surface area contributed by atoms with E-state index in [9.17, 15) is 9.90 Å². The van der Waals surface area contributed by atoms with Gasteiger partial charge < -0.3 is 10.4 Å². The first-order chi connectivity index (χ1) is 8.97. The largest absolute Gasteiger partial charge is 0.388 e. The normalized spacial score (nSPS) is 17.8.